The van der Waals surface area contributed by atoms with Gasteiger partial charge in [0.05, 0.1) is 12.7 Å². The third-order valence-corrected chi connectivity index (χ3v) is 2.39. The molecule has 0 saturated heterocycles. The first-order chi connectivity index (χ1) is 8.66. The van der Waals surface area contributed by atoms with Crippen LogP contribution in [0.15, 0.2) is 24.5 Å². The molecule has 1 aromatic heterocycles. The van der Waals surface area contributed by atoms with Crippen molar-refractivity contribution in [2.24, 2.45) is 0 Å². The number of hydrogen-bond acceptors (Lipinski definition) is 3. The topological polar surface area (TPSA) is 42.7 Å². The molecular weight excluding hydrogens is 245 g/mol. The second kappa shape index (κ2) is 5.63. The molecule has 7 heteroatoms. The fourth-order valence-corrected chi connectivity index (χ4v) is 1.47. The second-order valence-electron chi connectivity index (χ2n) is 3.70. The fraction of sp³-hybridized carbons (Fsp3) is 0.273. The Balaban J connectivity index is 1.85. The minimum absolute atomic E-state index is 0.0903. The molecule has 1 heterocycles. The Morgan fingerprint density at radius 1 is 1.11 bits per heavy atom. The molecular formula is C11H11F3N4. The lowest BCUT2D eigenvalue weighted by Gasteiger charge is -2.06. The van der Waals surface area contributed by atoms with Crippen molar-refractivity contribution in [3.8, 4) is 0 Å². The molecule has 18 heavy (non-hydrogen) atoms. The van der Waals surface area contributed by atoms with Crippen molar-refractivity contribution in [3.05, 3.63) is 47.5 Å². The molecule has 0 radical (unpaired) electrons. The van der Waals surface area contributed by atoms with Gasteiger partial charge in [0.25, 0.3) is 0 Å². The van der Waals surface area contributed by atoms with Crippen LogP contribution in [0.4, 0.5) is 13.2 Å². The highest BCUT2D eigenvalue weighted by atomic mass is 19.2. The van der Waals surface area contributed by atoms with Gasteiger partial charge in [-0.25, -0.2) is 13.2 Å². The molecule has 0 spiro atoms. The molecule has 0 saturated carbocycles. The molecule has 2 rings (SSSR count). The lowest BCUT2D eigenvalue weighted by Crippen LogP contribution is -2.20. The first kappa shape index (κ1) is 12.6. The molecule has 0 unspecified atom stereocenters. The zero-order chi connectivity index (χ0) is 13.0. The Labute approximate surface area is 101 Å². The van der Waals surface area contributed by atoms with E-state index in [-0.39, 0.29) is 12.1 Å². The minimum Gasteiger partial charge on any atom is -0.311 e. The lowest BCUT2D eigenvalue weighted by molar-refractivity contribution is 0.483. The molecule has 0 fully saturated rings. The van der Waals surface area contributed by atoms with Gasteiger partial charge in [0.1, 0.15) is 5.82 Å². The SMILES string of the molecule is Fc1cc(F)c(CNCCn2ccnn2)cc1F. The largest absolute Gasteiger partial charge is 0.311 e. The van der Waals surface area contributed by atoms with Crippen molar-refractivity contribution >= 4 is 0 Å². The van der Waals surface area contributed by atoms with Crippen LogP contribution < -0.4 is 5.32 Å². The Bertz CT molecular complexity index is 513. The van der Waals surface area contributed by atoms with Gasteiger partial charge in [-0.05, 0) is 6.07 Å². The first-order valence-electron chi connectivity index (χ1n) is 5.35. The van der Waals surface area contributed by atoms with Gasteiger partial charge in [-0.2, -0.15) is 0 Å². The van der Waals surface area contributed by atoms with Crippen molar-refractivity contribution in [1.82, 2.24) is 20.3 Å². The summed E-state index contributed by atoms with van der Waals surface area (Å²) in [7, 11) is 0. The van der Waals surface area contributed by atoms with Gasteiger partial charge in [-0.3, -0.25) is 4.68 Å². The summed E-state index contributed by atoms with van der Waals surface area (Å²) in [5.74, 6) is -2.99. The normalized spacial score (nSPS) is 10.8. The van der Waals surface area contributed by atoms with Crippen molar-refractivity contribution in [2.75, 3.05) is 6.54 Å². The van der Waals surface area contributed by atoms with Crippen LogP contribution in [0.5, 0.6) is 0 Å². The molecule has 1 aromatic carbocycles. The quantitative estimate of drug-likeness (QED) is 0.651. The Kier molecular flexibility index (Phi) is 3.93. The van der Waals surface area contributed by atoms with E-state index in [4.69, 9.17) is 0 Å². The standard InChI is InChI=1S/C11H11F3N4/c12-9-6-11(14)10(13)5-8(9)7-15-1-3-18-4-2-16-17-18/h2,4-6,15H,1,3,7H2. The summed E-state index contributed by atoms with van der Waals surface area (Å²) in [6.45, 7) is 1.20. The smallest absolute Gasteiger partial charge is 0.161 e. The third kappa shape index (κ3) is 3.07. The number of nitrogens with zero attached hydrogens (tertiary/aromatic N) is 3. The van der Waals surface area contributed by atoms with Gasteiger partial charge in [0, 0.05) is 30.9 Å². The van der Waals surface area contributed by atoms with Gasteiger partial charge < -0.3 is 5.32 Å². The molecule has 0 atom stereocenters. The highest BCUT2D eigenvalue weighted by Gasteiger charge is 2.09. The molecule has 0 aliphatic heterocycles. The summed E-state index contributed by atoms with van der Waals surface area (Å²) in [5.41, 5.74) is 0.0903. The van der Waals surface area contributed by atoms with Crippen molar-refractivity contribution in [1.29, 1.82) is 0 Å². The molecule has 1 N–H and O–H groups in total. The molecule has 0 bridgehead atoms. The Hall–Kier alpha value is -1.89. The van der Waals surface area contributed by atoms with E-state index >= 15 is 0 Å². The summed E-state index contributed by atoms with van der Waals surface area (Å²) < 4.78 is 40.4. The van der Waals surface area contributed by atoms with Crippen LogP contribution in [0, 0.1) is 17.5 Å². The predicted molar refractivity (Wildman–Crippen MR) is 58.0 cm³/mol. The summed E-state index contributed by atoms with van der Waals surface area (Å²) in [4.78, 5) is 0. The number of rotatable bonds is 5. The van der Waals surface area contributed by atoms with E-state index in [0.29, 0.717) is 19.2 Å². The number of aromatic nitrogens is 3. The zero-order valence-electron chi connectivity index (χ0n) is 9.41. The number of hydrogen-bond donors (Lipinski definition) is 1. The summed E-state index contributed by atoms with van der Waals surface area (Å²) in [6.07, 6.45) is 3.24. The van der Waals surface area contributed by atoms with Crippen molar-refractivity contribution in [2.45, 2.75) is 13.1 Å². The van der Waals surface area contributed by atoms with E-state index in [0.717, 1.165) is 6.07 Å². The average molecular weight is 256 g/mol. The number of benzene rings is 1. The van der Waals surface area contributed by atoms with Gasteiger partial charge in [0.15, 0.2) is 11.6 Å². The molecule has 0 amide bonds. The maximum absolute atomic E-state index is 13.3. The van der Waals surface area contributed by atoms with Gasteiger partial charge in [0.2, 0.25) is 0 Å². The van der Waals surface area contributed by atoms with E-state index in [1.165, 1.54) is 0 Å². The summed E-state index contributed by atoms with van der Waals surface area (Å²) in [6, 6.07) is 1.40. The Morgan fingerprint density at radius 3 is 2.61 bits per heavy atom. The fourth-order valence-electron chi connectivity index (χ4n) is 1.47. The van der Waals surface area contributed by atoms with E-state index in [1.807, 2.05) is 0 Å². The lowest BCUT2D eigenvalue weighted by atomic mass is 10.2. The molecule has 4 nitrogen and oxygen atoms in total. The van der Waals surface area contributed by atoms with E-state index in [2.05, 4.69) is 15.6 Å². The van der Waals surface area contributed by atoms with Gasteiger partial charge in [-0.15, -0.1) is 5.10 Å². The zero-order valence-corrected chi connectivity index (χ0v) is 9.41. The minimum atomic E-state index is -1.18. The van der Waals surface area contributed by atoms with Crippen LogP contribution in [-0.2, 0) is 13.1 Å². The molecule has 0 aliphatic rings. The first-order valence-corrected chi connectivity index (χ1v) is 5.35. The molecule has 2 aromatic rings. The Morgan fingerprint density at radius 2 is 1.89 bits per heavy atom. The highest BCUT2D eigenvalue weighted by molar-refractivity contribution is 5.19. The van der Waals surface area contributed by atoms with Crippen molar-refractivity contribution in [3.63, 3.8) is 0 Å². The highest BCUT2D eigenvalue weighted by Crippen LogP contribution is 2.13. The third-order valence-electron chi connectivity index (χ3n) is 2.39. The van der Waals surface area contributed by atoms with Crippen LogP contribution in [0.3, 0.4) is 0 Å². The van der Waals surface area contributed by atoms with Crippen molar-refractivity contribution < 1.29 is 13.2 Å². The van der Waals surface area contributed by atoms with Gasteiger partial charge in [-0.1, -0.05) is 5.21 Å². The predicted octanol–water partition coefficient (Wildman–Crippen LogP) is 1.49. The van der Waals surface area contributed by atoms with Crippen LogP contribution in [0.1, 0.15) is 5.56 Å². The summed E-state index contributed by atoms with van der Waals surface area (Å²) >= 11 is 0. The van der Waals surface area contributed by atoms with Crippen LogP contribution >= 0.6 is 0 Å². The molecule has 96 valence electrons. The number of nitrogens with one attached hydrogen (secondary N) is 1. The molecule has 0 aliphatic carbocycles. The van der Waals surface area contributed by atoms with E-state index < -0.39 is 17.5 Å². The van der Waals surface area contributed by atoms with Crippen LogP contribution in [-0.4, -0.2) is 21.5 Å². The van der Waals surface area contributed by atoms with Crippen LogP contribution in [0.2, 0.25) is 0 Å². The van der Waals surface area contributed by atoms with E-state index in [9.17, 15) is 13.2 Å². The maximum atomic E-state index is 13.3. The maximum Gasteiger partial charge on any atom is 0.161 e. The second-order valence-corrected chi connectivity index (χ2v) is 3.70. The van der Waals surface area contributed by atoms with Gasteiger partial charge >= 0.3 is 0 Å². The monoisotopic (exact) mass is 256 g/mol. The summed E-state index contributed by atoms with van der Waals surface area (Å²) in [5, 5.41) is 10.3. The average Bonchev–Trinajstić information content (AvgIpc) is 2.84. The van der Waals surface area contributed by atoms with E-state index in [1.54, 1.807) is 17.1 Å². The number of halogens is 3. The van der Waals surface area contributed by atoms with Crippen LogP contribution in [0.25, 0.3) is 0 Å².